The van der Waals surface area contributed by atoms with Crippen molar-refractivity contribution in [2.75, 3.05) is 7.11 Å². The molecule has 1 heterocycles. The van der Waals surface area contributed by atoms with Crippen LogP contribution in [0.2, 0.25) is 0 Å². The number of methoxy groups -OCH3 is 1. The number of ether oxygens (including phenoxy) is 2. The SMILES string of the molecule is COC1CCCCC1OC(=O)Cn1ccc2ccccc21. The van der Waals surface area contributed by atoms with Gasteiger partial charge in [0.05, 0.1) is 6.10 Å². The summed E-state index contributed by atoms with van der Waals surface area (Å²) in [5.74, 6) is -0.190. The van der Waals surface area contributed by atoms with Crippen LogP contribution in [0.5, 0.6) is 0 Å². The van der Waals surface area contributed by atoms with E-state index >= 15 is 0 Å². The lowest BCUT2D eigenvalue weighted by Crippen LogP contribution is -2.36. The molecule has 2 unspecified atom stereocenters. The van der Waals surface area contributed by atoms with Gasteiger partial charge < -0.3 is 14.0 Å². The molecule has 0 aliphatic heterocycles. The van der Waals surface area contributed by atoms with Gasteiger partial charge in [0, 0.05) is 18.8 Å². The lowest BCUT2D eigenvalue weighted by atomic mass is 9.94. The summed E-state index contributed by atoms with van der Waals surface area (Å²) in [4.78, 5) is 12.2. The minimum Gasteiger partial charge on any atom is -0.458 e. The number of esters is 1. The lowest BCUT2D eigenvalue weighted by Gasteiger charge is -2.30. The average molecular weight is 287 g/mol. The maximum absolute atomic E-state index is 12.2. The fraction of sp³-hybridized carbons (Fsp3) is 0.471. The van der Waals surface area contributed by atoms with Crippen molar-refractivity contribution in [3.63, 3.8) is 0 Å². The van der Waals surface area contributed by atoms with Crippen molar-refractivity contribution in [3.8, 4) is 0 Å². The Morgan fingerprint density at radius 2 is 1.95 bits per heavy atom. The average Bonchev–Trinajstić information content (AvgIpc) is 2.91. The van der Waals surface area contributed by atoms with Crippen LogP contribution < -0.4 is 0 Å². The van der Waals surface area contributed by atoms with Crippen molar-refractivity contribution in [2.45, 2.75) is 44.4 Å². The van der Waals surface area contributed by atoms with E-state index < -0.39 is 0 Å². The molecule has 0 bridgehead atoms. The molecule has 112 valence electrons. The number of benzene rings is 1. The molecule has 3 rings (SSSR count). The van der Waals surface area contributed by atoms with Crippen LogP contribution in [0.3, 0.4) is 0 Å². The molecule has 2 aromatic rings. The number of nitrogens with zero attached hydrogens (tertiary/aromatic N) is 1. The molecule has 1 aliphatic carbocycles. The minimum absolute atomic E-state index is 0.0455. The Kier molecular flexibility index (Phi) is 4.25. The fourth-order valence-electron chi connectivity index (χ4n) is 3.09. The van der Waals surface area contributed by atoms with Crippen LogP contribution in [0.15, 0.2) is 36.5 Å². The Bertz CT molecular complexity index is 619. The predicted molar refractivity (Wildman–Crippen MR) is 81.1 cm³/mol. The van der Waals surface area contributed by atoms with E-state index in [1.807, 2.05) is 41.1 Å². The van der Waals surface area contributed by atoms with Gasteiger partial charge in [0.2, 0.25) is 0 Å². The second-order valence-corrected chi connectivity index (χ2v) is 5.59. The molecule has 1 aliphatic rings. The van der Waals surface area contributed by atoms with Gasteiger partial charge in [0.25, 0.3) is 0 Å². The zero-order valence-electron chi connectivity index (χ0n) is 12.3. The van der Waals surface area contributed by atoms with Crippen molar-refractivity contribution in [1.29, 1.82) is 0 Å². The first-order valence-corrected chi connectivity index (χ1v) is 7.54. The minimum atomic E-state index is -0.190. The number of carbonyl (C=O) groups is 1. The highest BCUT2D eigenvalue weighted by Crippen LogP contribution is 2.24. The quantitative estimate of drug-likeness (QED) is 0.811. The predicted octanol–water partition coefficient (Wildman–Crippen LogP) is 3.14. The molecule has 1 aromatic heterocycles. The summed E-state index contributed by atoms with van der Waals surface area (Å²) in [5.41, 5.74) is 1.06. The zero-order valence-corrected chi connectivity index (χ0v) is 12.3. The fourth-order valence-corrected chi connectivity index (χ4v) is 3.09. The van der Waals surface area contributed by atoms with Crippen molar-refractivity contribution in [1.82, 2.24) is 4.57 Å². The van der Waals surface area contributed by atoms with Crippen molar-refractivity contribution < 1.29 is 14.3 Å². The van der Waals surface area contributed by atoms with Crippen molar-refractivity contribution in [3.05, 3.63) is 36.5 Å². The van der Waals surface area contributed by atoms with E-state index in [-0.39, 0.29) is 24.7 Å². The molecule has 1 fully saturated rings. The molecule has 0 radical (unpaired) electrons. The van der Waals surface area contributed by atoms with Crippen LogP contribution in [-0.2, 0) is 20.8 Å². The molecule has 4 heteroatoms. The number of fused-ring (bicyclic) bond motifs is 1. The third-order valence-corrected chi connectivity index (χ3v) is 4.21. The molecule has 0 saturated heterocycles. The van der Waals surface area contributed by atoms with Gasteiger partial charge >= 0.3 is 5.97 Å². The summed E-state index contributed by atoms with van der Waals surface area (Å²) in [6.45, 7) is 0.250. The van der Waals surface area contributed by atoms with Crippen molar-refractivity contribution in [2.24, 2.45) is 0 Å². The third kappa shape index (κ3) is 3.10. The molecule has 21 heavy (non-hydrogen) atoms. The van der Waals surface area contributed by atoms with Gasteiger partial charge in [-0.25, -0.2) is 0 Å². The molecule has 0 spiro atoms. The Hall–Kier alpha value is -1.81. The summed E-state index contributed by atoms with van der Waals surface area (Å²) in [7, 11) is 1.69. The monoisotopic (exact) mass is 287 g/mol. The van der Waals surface area contributed by atoms with Crippen LogP contribution in [0.25, 0.3) is 10.9 Å². The Labute approximate surface area is 124 Å². The summed E-state index contributed by atoms with van der Waals surface area (Å²) >= 11 is 0. The van der Waals surface area contributed by atoms with E-state index in [1.165, 1.54) is 0 Å². The number of rotatable bonds is 4. The van der Waals surface area contributed by atoms with Crippen LogP contribution in [0.1, 0.15) is 25.7 Å². The van der Waals surface area contributed by atoms with Gasteiger partial charge in [-0.1, -0.05) is 24.6 Å². The molecule has 2 atom stereocenters. The molecular formula is C17H21NO3. The van der Waals surface area contributed by atoms with E-state index in [9.17, 15) is 4.79 Å². The first-order valence-electron chi connectivity index (χ1n) is 7.54. The summed E-state index contributed by atoms with van der Waals surface area (Å²) in [6.07, 6.45) is 6.00. The topological polar surface area (TPSA) is 40.5 Å². The third-order valence-electron chi connectivity index (χ3n) is 4.21. The van der Waals surface area contributed by atoms with Gasteiger partial charge in [-0.3, -0.25) is 4.79 Å². The van der Waals surface area contributed by atoms with Gasteiger partial charge in [-0.05, 0) is 36.8 Å². The summed E-state index contributed by atoms with van der Waals surface area (Å²) in [5, 5.41) is 1.14. The van der Waals surface area contributed by atoms with Crippen LogP contribution >= 0.6 is 0 Å². The van der Waals surface area contributed by atoms with Gasteiger partial charge in [0.1, 0.15) is 12.6 Å². The zero-order chi connectivity index (χ0) is 14.7. The summed E-state index contributed by atoms with van der Waals surface area (Å²) < 4.78 is 13.0. The first kappa shape index (κ1) is 14.1. The Morgan fingerprint density at radius 1 is 1.19 bits per heavy atom. The second kappa shape index (κ2) is 6.31. The van der Waals surface area contributed by atoms with E-state index in [2.05, 4.69) is 0 Å². The largest absolute Gasteiger partial charge is 0.458 e. The highest BCUT2D eigenvalue weighted by atomic mass is 16.6. The number of para-hydroxylation sites is 1. The Morgan fingerprint density at radius 3 is 2.76 bits per heavy atom. The van der Waals surface area contributed by atoms with E-state index in [1.54, 1.807) is 7.11 Å². The highest BCUT2D eigenvalue weighted by molar-refractivity contribution is 5.81. The van der Waals surface area contributed by atoms with Gasteiger partial charge in [0.15, 0.2) is 0 Å². The molecular weight excluding hydrogens is 266 g/mol. The molecule has 1 aromatic carbocycles. The van der Waals surface area contributed by atoms with Crippen LogP contribution in [0, 0.1) is 0 Å². The maximum atomic E-state index is 12.2. The number of hydrogen-bond acceptors (Lipinski definition) is 3. The van der Waals surface area contributed by atoms with Crippen LogP contribution in [0.4, 0.5) is 0 Å². The van der Waals surface area contributed by atoms with Crippen molar-refractivity contribution >= 4 is 16.9 Å². The standard InChI is InChI=1S/C17H21NO3/c1-20-15-8-4-5-9-16(15)21-17(19)12-18-11-10-13-6-2-3-7-14(13)18/h2-3,6-7,10-11,15-16H,4-5,8-9,12H2,1H3. The van der Waals surface area contributed by atoms with Crippen LogP contribution in [-0.4, -0.2) is 29.9 Å². The number of aromatic nitrogens is 1. The lowest BCUT2D eigenvalue weighted by molar-refractivity contribution is -0.159. The van der Waals surface area contributed by atoms with Gasteiger partial charge in [-0.2, -0.15) is 0 Å². The Balaban J connectivity index is 1.66. The molecule has 0 amide bonds. The number of carbonyl (C=O) groups excluding carboxylic acids is 1. The highest BCUT2D eigenvalue weighted by Gasteiger charge is 2.28. The smallest absolute Gasteiger partial charge is 0.326 e. The molecule has 4 nitrogen and oxygen atoms in total. The van der Waals surface area contributed by atoms with Gasteiger partial charge in [-0.15, -0.1) is 0 Å². The maximum Gasteiger partial charge on any atom is 0.326 e. The second-order valence-electron chi connectivity index (χ2n) is 5.59. The van der Waals surface area contributed by atoms with E-state index in [0.29, 0.717) is 0 Å². The van der Waals surface area contributed by atoms with E-state index in [4.69, 9.17) is 9.47 Å². The number of hydrogen-bond donors (Lipinski definition) is 0. The summed E-state index contributed by atoms with van der Waals surface area (Å²) in [6, 6.07) is 10.0. The molecule has 0 N–H and O–H groups in total. The first-order chi connectivity index (χ1) is 10.3. The molecule has 1 saturated carbocycles. The van der Waals surface area contributed by atoms with E-state index in [0.717, 1.165) is 36.6 Å². The normalized spacial score (nSPS) is 22.3.